The Morgan fingerprint density at radius 1 is 1.21 bits per heavy atom. The second-order valence-corrected chi connectivity index (χ2v) is 6.65. The molecule has 3 aromatic rings. The quantitative estimate of drug-likeness (QED) is 0.477. The third-order valence-corrected chi connectivity index (χ3v) is 4.95. The Balaban J connectivity index is 1.74. The van der Waals surface area contributed by atoms with Crippen LogP contribution in [0.15, 0.2) is 44.6 Å². The van der Waals surface area contributed by atoms with Crippen molar-refractivity contribution in [3.8, 4) is 5.75 Å². The number of rotatable bonds is 5. The second-order valence-electron chi connectivity index (χ2n) is 6.65. The molecule has 29 heavy (non-hydrogen) atoms. The van der Waals surface area contributed by atoms with Gasteiger partial charge in [-0.05, 0) is 18.2 Å². The van der Waals surface area contributed by atoms with Crippen LogP contribution in [0.1, 0.15) is 11.9 Å². The van der Waals surface area contributed by atoms with Gasteiger partial charge in [-0.25, -0.2) is 4.79 Å². The molecule has 11 nitrogen and oxygen atoms in total. The molecule has 3 N–H and O–H groups in total. The van der Waals surface area contributed by atoms with E-state index in [0.717, 1.165) is 15.2 Å². The van der Waals surface area contributed by atoms with Crippen molar-refractivity contribution in [2.45, 2.75) is 31.1 Å². The minimum atomic E-state index is -1.45. The van der Waals surface area contributed by atoms with Crippen LogP contribution in [-0.4, -0.2) is 61.6 Å². The standard InChI is InChI=1S/C18H19N3O8/c1-27-9-2-3-12-10(6-9)11(19-29-12)7-21-14(23)4-5-20(18(21)26)17-16(25)15(24)13(8-22)28-17/h2-6,13,15-17,22,24-25H,7-8H2,1H3/t13-,15+,16?,17-/m1/s1. The fourth-order valence-electron chi connectivity index (χ4n) is 3.34. The molecule has 3 heterocycles. The van der Waals surface area contributed by atoms with E-state index >= 15 is 0 Å². The first-order valence-corrected chi connectivity index (χ1v) is 8.81. The normalized spacial score (nSPS) is 24.3. The summed E-state index contributed by atoms with van der Waals surface area (Å²) in [6, 6.07) is 6.18. The average Bonchev–Trinajstić information content (AvgIpc) is 3.26. The Labute approximate surface area is 162 Å². The van der Waals surface area contributed by atoms with Gasteiger partial charge in [0.25, 0.3) is 5.56 Å². The van der Waals surface area contributed by atoms with Gasteiger partial charge in [-0.2, -0.15) is 0 Å². The number of hydrogen-bond donors (Lipinski definition) is 3. The molecule has 1 aliphatic rings. The SMILES string of the molecule is COc1ccc2onc(Cn3c(=O)ccn([C@@H]4O[C@H](CO)[C@H](O)C4O)c3=O)c2c1. The number of aliphatic hydroxyl groups is 3. The van der Waals surface area contributed by atoms with Crippen LogP contribution in [0, 0.1) is 0 Å². The number of aliphatic hydroxyl groups excluding tert-OH is 3. The maximum Gasteiger partial charge on any atom is 0.333 e. The molecule has 0 bridgehead atoms. The Bertz CT molecular complexity index is 1150. The molecule has 1 aromatic carbocycles. The van der Waals surface area contributed by atoms with Crippen LogP contribution < -0.4 is 16.0 Å². The number of hydrogen-bond acceptors (Lipinski definition) is 9. The largest absolute Gasteiger partial charge is 0.497 e. The summed E-state index contributed by atoms with van der Waals surface area (Å²) in [5.41, 5.74) is -0.547. The van der Waals surface area contributed by atoms with Crippen LogP contribution in [0.3, 0.4) is 0 Å². The van der Waals surface area contributed by atoms with Gasteiger partial charge in [0.1, 0.15) is 29.8 Å². The van der Waals surface area contributed by atoms with E-state index < -0.39 is 42.4 Å². The van der Waals surface area contributed by atoms with Crippen molar-refractivity contribution in [1.82, 2.24) is 14.3 Å². The Kier molecular flexibility index (Phi) is 4.96. The molecule has 1 fully saturated rings. The summed E-state index contributed by atoms with van der Waals surface area (Å²) in [4.78, 5) is 25.2. The zero-order chi connectivity index (χ0) is 20.7. The van der Waals surface area contributed by atoms with Crippen LogP contribution in [0.5, 0.6) is 5.75 Å². The van der Waals surface area contributed by atoms with Crippen molar-refractivity contribution in [3.63, 3.8) is 0 Å². The molecular formula is C18H19N3O8. The maximum absolute atomic E-state index is 12.9. The summed E-state index contributed by atoms with van der Waals surface area (Å²) in [5, 5.41) is 33.9. The lowest BCUT2D eigenvalue weighted by Gasteiger charge is -2.18. The fraction of sp³-hybridized carbons (Fsp3) is 0.389. The maximum atomic E-state index is 12.9. The lowest BCUT2D eigenvalue weighted by atomic mass is 10.1. The van der Waals surface area contributed by atoms with Crippen molar-refractivity contribution >= 4 is 11.0 Å². The molecule has 0 aliphatic carbocycles. The van der Waals surface area contributed by atoms with E-state index in [1.165, 1.54) is 13.3 Å². The number of aromatic nitrogens is 3. The molecule has 4 rings (SSSR count). The van der Waals surface area contributed by atoms with Crippen molar-refractivity contribution in [1.29, 1.82) is 0 Å². The highest BCUT2D eigenvalue weighted by Gasteiger charge is 2.43. The average molecular weight is 405 g/mol. The molecule has 2 aromatic heterocycles. The topological polar surface area (TPSA) is 149 Å². The molecule has 1 aliphatic heterocycles. The predicted molar refractivity (Wildman–Crippen MR) is 97.6 cm³/mol. The Hall–Kier alpha value is -2.99. The van der Waals surface area contributed by atoms with E-state index in [-0.39, 0.29) is 6.54 Å². The highest BCUT2D eigenvalue weighted by Crippen LogP contribution is 2.28. The van der Waals surface area contributed by atoms with Gasteiger partial charge in [0, 0.05) is 12.3 Å². The summed E-state index contributed by atoms with van der Waals surface area (Å²) in [6.45, 7) is -0.719. The summed E-state index contributed by atoms with van der Waals surface area (Å²) in [7, 11) is 1.51. The number of benzene rings is 1. The third kappa shape index (κ3) is 3.23. The van der Waals surface area contributed by atoms with Gasteiger partial charge in [-0.1, -0.05) is 5.16 Å². The molecule has 1 unspecified atom stereocenters. The summed E-state index contributed by atoms with van der Waals surface area (Å²) in [6.07, 6.45) is -3.95. The fourth-order valence-corrected chi connectivity index (χ4v) is 3.34. The first-order valence-electron chi connectivity index (χ1n) is 8.81. The van der Waals surface area contributed by atoms with Crippen molar-refractivity contribution in [2.75, 3.05) is 13.7 Å². The van der Waals surface area contributed by atoms with Gasteiger partial charge in [0.05, 0.1) is 25.6 Å². The van der Waals surface area contributed by atoms with Gasteiger partial charge in [-0.15, -0.1) is 0 Å². The zero-order valence-corrected chi connectivity index (χ0v) is 15.3. The number of ether oxygens (including phenoxy) is 2. The minimum Gasteiger partial charge on any atom is -0.497 e. The van der Waals surface area contributed by atoms with Gasteiger partial charge < -0.3 is 29.3 Å². The van der Waals surface area contributed by atoms with E-state index in [2.05, 4.69) is 5.16 Å². The Morgan fingerprint density at radius 3 is 2.69 bits per heavy atom. The molecule has 0 amide bonds. The first-order chi connectivity index (χ1) is 13.9. The van der Waals surface area contributed by atoms with Crippen molar-refractivity contribution < 1.29 is 29.3 Å². The molecule has 11 heteroatoms. The smallest absolute Gasteiger partial charge is 0.333 e. The van der Waals surface area contributed by atoms with Crippen LogP contribution in [0.25, 0.3) is 11.0 Å². The molecule has 0 radical (unpaired) electrons. The second kappa shape index (κ2) is 7.44. The monoisotopic (exact) mass is 405 g/mol. The summed E-state index contributed by atoms with van der Waals surface area (Å²) < 4.78 is 17.7. The minimum absolute atomic E-state index is 0.187. The van der Waals surface area contributed by atoms with E-state index in [9.17, 15) is 24.9 Å². The van der Waals surface area contributed by atoms with E-state index in [4.69, 9.17) is 14.0 Å². The van der Waals surface area contributed by atoms with Gasteiger partial charge in [0.2, 0.25) is 0 Å². The predicted octanol–water partition coefficient (Wildman–Crippen LogP) is -1.18. The van der Waals surface area contributed by atoms with Gasteiger partial charge in [0.15, 0.2) is 11.8 Å². The number of fused-ring (bicyclic) bond motifs is 1. The lowest BCUT2D eigenvalue weighted by molar-refractivity contribution is -0.0555. The molecule has 154 valence electrons. The third-order valence-electron chi connectivity index (χ3n) is 4.95. The molecule has 4 atom stereocenters. The number of methoxy groups -OCH3 is 1. The molecular weight excluding hydrogens is 386 g/mol. The summed E-state index contributed by atoms with van der Waals surface area (Å²) >= 11 is 0. The highest BCUT2D eigenvalue weighted by atomic mass is 16.6. The van der Waals surface area contributed by atoms with Crippen LogP contribution in [0.4, 0.5) is 0 Å². The van der Waals surface area contributed by atoms with Crippen LogP contribution in [0.2, 0.25) is 0 Å². The Morgan fingerprint density at radius 2 is 2.00 bits per heavy atom. The van der Waals surface area contributed by atoms with E-state index in [1.54, 1.807) is 18.2 Å². The molecule has 1 saturated heterocycles. The van der Waals surface area contributed by atoms with Gasteiger partial charge >= 0.3 is 5.69 Å². The highest BCUT2D eigenvalue weighted by molar-refractivity contribution is 5.81. The van der Waals surface area contributed by atoms with Crippen LogP contribution in [-0.2, 0) is 11.3 Å². The van der Waals surface area contributed by atoms with Crippen molar-refractivity contribution in [3.05, 3.63) is 57.0 Å². The number of nitrogens with zero attached hydrogens (tertiary/aromatic N) is 3. The van der Waals surface area contributed by atoms with Crippen LogP contribution >= 0.6 is 0 Å². The van der Waals surface area contributed by atoms with Crippen molar-refractivity contribution in [2.24, 2.45) is 0 Å². The van der Waals surface area contributed by atoms with E-state index in [1.807, 2.05) is 0 Å². The zero-order valence-electron chi connectivity index (χ0n) is 15.3. The molecule has 0 spiro atoms. The molecule has 0 saturated carbocycles. The first kappa shape index (κ1) is 19.3. The lowest BCUT2D eigenvalue weighted by Crippen LogP contribution is -2.43. The van der Waals surface area contributed by atoms with Gasteiger partial charge in [-0.3, -0.25) is 13.9 Å². The van der Waals surface area contributed by atoms with E-state index in [0.29, 0.717) is 22.4 Å². The summed E-state index contributed by atoms with van der Waals surface area (Å²) in [5.74, 6) is 0.561.